The fourth-order valence-electron chi connectivity index (χ4n) is 2.58. The molecule has 0 saturated carbocycles. The minimum absolute atomic E-state index is 0.0648. The van der Waals surface area contributed by atoms with Gasteiger partial charge in [0.15, 0.2) is 0 Å². The van der Waals surface area contributed by atoms with Gasteiger partial charge in [0.2, 0.25) is 10.0 Å². The number of nitrogens with zero attached hydrogens (tertiary/aromatic N) is 2. The van der Waals surface area contributed by atoms with Gasteiger partial charge in [-0.15, -0.1) is 0 Å². The first-order valence-corrected chi connectivity index (χ1v) is 9.42. The maximum atomic E-state index is 12.8. The Kier molecular flexibility index (Phi) is 6.23. The highest BCUT2D eigenvalue weighted by Gasteiger charge is 2.28. The summed E-state index contributed by atoms with van der Waals surface area (Å²) < 4.78 is 32.8. The van der Waals surface area contributed by atoms with Crippen LogP contribution in [-0.2, 0) is 14.8 Å². The van der Waals surface area contributed by atoms with Crippen LogP contribution in [0.1, 0.15) is 19.3 Å². The second-order valence-electron chi connectivity index (χ2n) is 5.98. The maximum Gasteiger partial charge on any atom is 0.237 e. The molecule has 1 atom stereocenters. The van der Waals surface area contributed by atoms with Crippen LogP contribution in [0.3, 0.4) is 0 Å². The molecular formula is C16H26N2O3S. The highest BCUT2D eigenvalue weighted by Crippen LogP contribution is 2.21. The Morgan fingerprint density at radius 3 is 2.45 bits per heavy atom. The Bertz CT molecular complexity index is 540. The number of benzene rings is 1. The number of likely N-dealkylation sites (N-methyl/N-ethyl adjacent to an activating group) is 1. The molecule has 6 heteroatoms. The Balaban J connectivity index is 2.15. The van der Waals surface area contributed by atoms with Gasteiger partial charge in [-0.2, -0.15) is 0 Å². The van der Waals surface area contributed by atoms with Crippen LogP contribution in [0.4, 0.5) is 5.69 Å². The average molecular weight is 326 g/mol. The molecule has 2 rings (SSSR count). The number of sulfonamides is 1. The zero-order valence-corrected chi connectivity index (χ0v) is 14.3. The molecule has 124 valence electrons. The van der Waals surface area contributed by atoms with Gasteiger partial charge >= 0.3 is 0 Å². The third-order valence-corrected chi connectivity index (χ3v) is 5.66. The van der Waals surface area contributed by atoms with Gasteiger partial charge in [-0.1, -0.05) is 18.2 Å². The zero-order valence-electron chi connectivity index (χ0n) is 13.4. The number of hydrogen-bond acceptors (Lipinski definition) is 4. The van der Waals surface area contributed by atoms with Crippen molar-refractivity contribution in [3.8, 4) is 0 Å². The van der Waals surface area contributed by atoms with E-state index in [1.54, 1.807) is 0 Å². The minimum Gasteiger partial charge on any atom is -0.377 e. The van der Waals surface area contributed by atoms with Crippen molar-refractivity contribution in [1.29, 1.82) is 0 Å². The molecule has 1 fully saturated rings. The van der Waals surface area contributed by atoms with Crippen LogP contribution in [-0.4, -0.2) is 59.0 Å². The molecule has 1 saturated heterocycles. The van der Waals surface area contributed by atoms with Crippen LogP contribution >= 0.6 is 0 Å². The smallest absolute Gasteiger partial charge is 0.237 e. The lowest BCUT2D eigenvalue weighted by Crippen LogP contribution is -2.41. The predicted molar refractivity (Wildman–Crippen MR) is 89.7 cm³/mol. The molecule has 22 heavy (non-hydrogen) atoms. The largest absolute Gasteiger partial charge is 0.377 e. The first kappa shape index (κ1) is 17.2. The molecule has 1 aromatic carbocycles. The number of para-hydroxylation sites is 1. The first-order chi connectivity index (χ1) is 10.5. The van der Waals surface area contributed by atoms with Crippen molar-refractivity contribution in [2.75, 3.05) is 43.8 Å². The molecule has 0 aromatic heterocycles. The fourth-order valence-corrected chi connectivity index (χ4v) is 4.29. The molecule has 1 heterocycles. The number of ether oxygens (including phenoxy) is 1. The molecule has 1 aliphatic rings. The van der Waals surface area contributed by atoms with Crippen molar-refractivity contribution in [3.05, 3.63) is 30.3 Å². The van der Waals surface area contributed by atoms with Gasteiger partial charge in [0.05, 0.1) is 17.5 Å². The van der Waals surface area contributed by atoms with E-state index in [-0.39, 0.29) is 11.9 Å². The van der Waals surface area contributed by atoms with E-state index in [1.807, 2.05) is 49.3 Å². The van der Waals surface area contributed by atoms with E-state index in [9.17, 15) is 8.42 Å². The van der Waals surface area contributed by atoms with Crippen molar-refractivity contribution in [2.24, 2.45) is 0 Å². The summed E-state index contributed by atoms with van der Waals surface area (Å²) in [5.41, 5.74) is 0.722. The average Bonchev–Trinajstić information content (AvgIpc) is 2.48. The Hall–Kier alpha value is -1.11. The summed E-state index contributed by atoms with van der Waals surface area (Å²) in [5.74, 6) is 0.0648. The Morgan fingerprint density at radius 1 is 1.14 bits per heavy atom. The van der Waals surface area contributed by atoms with Crippen LogP contribution in [0.2, 0.25) is 0 Å². The topological polar surface area (TPSA) is 49.9 Å². The van der Waals surface area contributed by atoms with Gasteiger partial charge in [-0.05, 0) is 45.5 Å². The normalized spacial score (nSPS) is 19.3. The molecule has 0 radical (unpaired) electrons. The molecular weight excluding hydrogens is 300 g/mol. The summed E-state index contributed by atoms with van der Waals surface area (Å²) >= 11 is 0. The molecule has 0 bridgehead atoms. The van der Waals surface area contributed by atoms with Crippen molar-refractivity contribution in [2.45, 2.75) is 25.4 Å². The van der Waals surface area contributed by atoms with Gasteiger partial charge in [-0.3, -0.25) is 4.31 Å². The monoisotopic (exact) mass is 326 g/mol. The minimum atomic E-state index is -3.39. The van der Waals surface area contributed by atoms with E-state index < -0.39 is 10.0 Å². The standard InChI is InChI=1S/C16H26N2O3S/c1-17(2)11-12-18(15-8-4-3-5-9-15)22(19,20)14-16-10-6-7-13-21-16/h3-5,8-9,16H,6-7,10-14H2,1-2H3. The molecule has 0 amide bonds. The van der Waals surface area contributed by atoms with E-state index in [1.165, 1.54) is 4.31 Å². The molecule has 1 unspecified atom stereocenters. The van der Waals surface area contributed by atoms with Crippen molar-refractivity contribution >= 4 is 15.7 Å². The summed E-state index contributed by atoms with van der Waals surface area (Å²) in [6.45, 7) is 1.80. The van der Waals surface area contributed by atoms with E-state index in [4.69, 9.17) is 4.74 Å². The van der Waals surface area contributed by atoms with E-state index in [2.05, 4.69) is 0 Å². The highest BCUT2D eigenvalue weighted by atomic mass is 32.2. The van der Waals surface area contributed by atoms with E-state index >= 15 is 0 Å². The van der Waals surface area contributed by atoms with Crippen LogP contribution in [0.15, 0.2) is 30.3 Å². The predicted octanol–water partition coefficient (Wildman–Crippen LogP) is 1.95. The summed E-state index contributed by atoms with van der Waals surface area (Å²) in [6.07, 6.45) is 2.72. The van der Waals surface area contributed by atoms with Gasteiger partial charge in [0, 0.05) is 19.7 Å². The third-order valence-electron chi connectivity index (χ3n) is 3.80. The molecule has 1 aliphatic heterocycles. The molecule has 0 spiro atoms. The summed E-state index contributed by atoms with van der Waals surface area (Å²) in [6, 6.07) is 9.31. The second kappa shape index (κ2) is 7.94. The fraction of sp³-hybridized carbons (Fsp3) is 0.625. The summed E-state index contributed by atoms with van der Waals surface area (Å²) in [4.78, 5) is 1.99. The Morgan fingerprint density at radius 2 is 1.86 bits per heavy atom. The maximum absolute atomic E-state index is 12.8. The lowest BCUT2D eigenvalue weighted by Gasteiger charge is -2.29. The van der Waals surface area contributed by atoms with Crippen LogP contribution in [0.25, 0.3) is 0 Å². The molecule has 5 nitrogen and oxygen atoms in total. The lowest BCUT2D eigenvalue weighted by molar-refractivity contribution is 0.0305. The van der Waals surface area contributed by atoms with Crippen molar-refractivity contribution < 1.29 is 13.2 Å². The first-order valence-electron chi connectivity index (χ1n) is 7.81. The number of anilines is 1. The quantitative estimate of drug-likeness (QED) is 0.768. The zero-order chi connectivity index (χ0) is 16.0. The second-order valence-corrected chi connectivity index (χ2v) is 7.92. The van der Waals surface area contributed by atoms with Gasteiger partial charge in [-0.25, -0.2) is 8.42 Å². The molecule has 0 N–H and O–H groups in total. The number of rotatable bonds is 7. The van der Waals surface area contributed by atoms with Crippen LogP contribution < -0.4 is 4.31 Å². The summed E-state index contributed by atoms with van der Waals surface area (Å²) in [7, 11) is 0.500. The number of hydrogen-bond donors (Lipinski definition) is 0. The third kappa shape index (κ3) is 4.97. The van der Waals surface area contributed by atoms with Crippen LogP contribution in [0, 0.1) is 0 Å². The van der Waals surface area contributed by atoms with Crippen molar-refractivity contribution in [3.63, 3.8) is 0 Å². The summed E-state index contributed by atoms with van der Waals surface area (Å²) in [5, 5.41) is 0. The SMILES string of the molecule is CN(C)CCN(c1ccccc1)S(=O)(=O)CC1CCCCO1. The highest BCUT2D eigenvalue weighted by molar-refractivity contribution is 7.92. The lowest BCUT2D eigenvalue weighted by atomic mass is 10.1. The Labute approximate surface area is 133 Å². The van der Waals surface area contributed by atoms with Crippen molar-refractivity contribution in [1.82, 2.24) is 4.90 Å². The van der Waals surface area contributed by atoms with Gasteiger partial charge < -0.3 is 9.64 Å². The van der Waals surface area contributed by atoms with E-state index in [0.29, 0.717) is 19.7 Å². The van der Waals surface area contributed by atoms with Crippen LogP contribution in [0.5, 0.6) is 0 Å². The molecule has 1 aromatic rings. The van der Waals surface area contributed by atoms with E-state index in [0.717, 1.165) is 24.9 Å². The van der Waals surface area contributed by atoms with Gasteiger partial charge in [0.1, 0.15) is 0 Å². The molecule has 0 aliphatic carbocycles. The van der Waals surface area contributed by atoms with Gasteiger partial charge in [0.25, 0.3) is 0 Å².